The summed E-state index contributed by atoms with van der Waals surface area (Å²) >= 11 is 6.48. The van der Waals surface area contributed by atoms with Crippen LogP contribution < -0.4 is 5.32 Å². The molecule has 3 fully saturated rings. The number of aromatic nitrogens is 4. The SMILES string of the molecule is Cn1c(-c2cn(C3CC3)nc2C(F)(F)F)cnc1C(=O)Nc1ccc(C(=O)N2CCN(C(=O)[C@@H]3CCCCC[C@@H](O)C3)CC2)c(Cl)c1. The molecular formula is C32H37ClF3N7O4. The molecule has 6 rings (SSSR count). The summed E-state index contributed by atoms with van der Waals surface area (Å²) in [6.07, 6.45) is 3.85. The van der Waals surface area contributed by atoms with E-state index in [9.17, 15) is 32.7 Å². The highest BCUT2D eigenvalue weighted by Crippen LogP contribution is 2.41. The standard InChI is InChI=1S/C32H37ClF3N7O4/c1-40-26(24-18-43(21-8-9-21)39-27(24)32(34,35)36)17-37-28(40)29(45)38-20-7-10-23(25(33)16-20)31(47)42-13-11-41(12-14-42)30(46)19-5-3-2-4-6-22(44)15-19/h7,10,16-19,21-22,44H,2-6,8-9,11-15H2,1H3,(H,38,45)/t19-,22-/m1/s1. The zero-order valence-corrected chi connectivity index (χ0v) is 26.7. The van der Waals surface area contributed by atoms with E-state index in [-0.39, 0.29) is 57.1 Å². The van der Waals surface area contributed by atoms with E-state index >= 15 is 0 Å². The van der Waals surface area contributed by atoms with Crippen LogP contribution in [-0.4, -0.2) is 84.2 Å². The van der Waals surface area contributed by atoms with E-state index in [1.54, 1.807) is 9.80 Å². The first-order valence-electron chi connectivity index (χ1n) is 16.0. The van der Waals surface area contributed by atoms with Gasteiger partial charge in [-0.15, -0.1) is 0 Å². The van der Waals surface area contributed by atoms with E-state index < -0.39 is 23.9 Å². The first-order chi connectivity index (χ1) is 22.4. The Labute approximate surface area is 274 Å². The lowest BCUT2D eigenvalue weighted by Crippen LogP contribution is -2.52. The van der Waals surface area contributed by atoms with Gasteiger partial charge in [-0.05, 0) is 50.3 Å². The maximum absolute atomic E-state index is 13.8. The molecule has 3 aliphatic rings. The number of hydrogen-bond acceptors (Lipinski definition) is 6. The van der Waals surface area contributed by atoms with Gasteiger partial charge >= 0.3 is 6.18 Å². The molecule has 2 aromatic heterocycles. The quantitative estimate of drug-likeness (QED) is 0.372. The fourth-order valence-corrected chi connectivity index (χ4v) is 6.69. The molecule has 3 aromatic rings. The molecule has 15 heteroatoms. The Morgan fingerprint density at radius 1 is 1.00 bits per heavy atom. The predicted octanol–water partition coefficient (Wildman–Crippen LogP) is 5.16. The Morgan fingerprint density at radius 2 is 1.70 bits per heavy atom. The largest absolute Gasteiger partial charge is 0.435 e. The summed E-state index contributed by atoms with van der Waals surface area (Å²) in [5.41, 5.74) is -0.588. The number of carbonyl (C=O) groups excluding carboxylic acids is 3. The summed E-state index contributed by atoms with van der Waals surface area (Å²) in [6, 6.07) is 4.38. The molecule has 0 bridgehead atoms. The molecule has 1 saturated heterocycles. The number of benzene rings is 1. The Kier molecular flexibility index (Phi) is 9.34. The van der Waals surface area contributed by atoms with Gasteiger partial charge in [-0.3, -0.25) is 19.1 Å². The van der Waals surface area contributed by atoms with Crippen LogP contribution in [0, 0.1) is 5.92 Å². The molecule has 252 valence electrons. The first kappa shape index (κ1) is 33.0. The van der Waals surface area contributed by atoms with E-state index in [2.05, 4.69) is 15.4 Å². The molecule has 3 heterocycles. The molecule has 2 N–H and O–H groups in total. The predicted molar refractivity (Wildman–Crippen MR) is 167 cm³/mol. The number of anilines is 1. The van der Waals surface area contributed by atoms with Crippen molar-refractivity contribution in [3.8, 4) is 11.3 Å². The van der Waals surface area contributed by atoms with Crippen molar-refractivity contribution in [1.29, 1.82) is 0 Å². The van der Waals surface area contributed by atoms with Gasteiger partial charge in [-0.1, -0.05) is 30.9 Å². The van der Waals surface area contributed by atoms with Crippen molar-refractivity contribution in [2.45, 2.75) is 69.7 Å². The molecule has 2 aliphatic carbocycles. The highest BCUT2D eigenvalue weighted by atomic mass is 35.5. The van der Waals surface area contributed by atoms with Crippen LogP contribution in [0.5, 0.6) is 0 Å². The van der Waals surface area contributed by atoms with Crippen molar-refractivity contribution in [3.05, 3.63) is 52.7 Å². The highest BCUT2D eigenvalue weighted by Gasteiger charge is 2.40. The van der Waals surface area contributed by atoms with Gasteiger partial charge in [0.1, 0.15) is 0 Å². The summed E-state index contributed by atoms with van der Waals surface area (Å²) in [4.78, 5) is 47.1. The number of nitrogens with one attached hydrogen (secondary N) is 1. The molecule has 0 radical (unpaired) electrons. The third kappa shape index (κ3) is 7.18. The zero-order valence-electron chi connectivity index (χ0n) is 26.0. The normalized spacial score (nSPS) is 20.9. The van der Waals surface area contributed by atoms with Gasteiger partial charge in [0.2, 0.25) is 5.91 Å². The third-order valence-corrected chi connectivity index (χ3v) is 9.53. The average molecular weight is 676 g/mol. The monoisotopic (exact) mass is 675 g/mol. The summed E-state index contributed by atoms with van der Waals surface area (Å²) in [5, 5.41) is 16.8. The van der Waals surface area contributed by atoms with Gasteiger partial charge in [0.15, 0.2) is 11.5 Å². The smallest absolute Gasteiger partial charge is 0.393 e. The Morgan fingerprint density at radius 3 is 2.38 bits per heavy atom. The van der Waals surface area contributed by atoms with Gasteiger partial charge in [0.25, 0.3) is 11.8 Å². The summed E-state index contributed by atoms with van der Waals surface area (Å²) in [5.74, 6) is -1.27. The van der Waals surface area contributed by atoms with Gasteiger partial charge in [-0.2, -0.15) is 18.3 Å². The highest BCUT2D eigenvalue weighted by molar-refractivity contribution is 6.34. The molecular weight excluding hydrogens is 639 g/mol. The van der Waals surface area contributed by atoms with Crippen LogP contribution in [0.15, 0.2) is 30.6 Å². The van der Waals surface area contributed by atoms with Crippen molar-refractivity contribution < 1.29 is 32.7 Å². The lowest BCUT2D eigenvalue weighted by molar-refractivity contribution is -0.141. The lowest BCUT2D eigenvalue weighted by Gasteiger charge is -2.37. The molecule has 11 nitrogen and oxygen atoms in total. The minimum absolute atomic E-state index is 0.0325. The molecule has 1 aliphatic heterocycles. The number of amides is 3. The minimum atomic E-state index is -4.68. The molecule has 2 atom stereocenters. The van der Waals surface area contributed by atoms with Crippen LogP contribution in [0.25, 0.3) is 11.3 Å². The topological polar surface area (TPSA) is 126 Å². The zero-order chi connectivity index (χ0) is 33.5. The maximum Gasteiger partial charge on any atom is 0.435 e. The van der Waals surface area contributed by atoms with Crippen LogP contribution in [0.3, 0.4) is 0 Å². The van der Waals surface area contributed by atoms with E-state index in [0.717, 1.165) is 44.9 Å². The number of nitrogens with zero attached hydrogens (tertiary/aromatic N) is 6. The van der Waals surface area contributed by atoms with Gasteiger partial charge < -0.3 is 24.8 Å². The van der Waals surface area contributed by atoms with Crippen molar-refractivity contribution in [3.63, 3.8) is 0 Å². The number of alkyl halides is 3. The van der Waals surface area contributed by atoms with E-state index in [4.69, 9.17) is 11.6 Å². The number of aliphatic hydroxyl groups is 1. The number of imidazole rings is 1. The molecule has 47 heavy (non-hydrogen) atoms. The van der Waals surface area contributed by atoms with Crippen LogP contribution in [-0.2, 0) is 18.0 Å². The third-order valence-electron chi connectivity index (χ3n) is 9.22. The first-order valence-corrected chi connectivity index (χ1v) is 16.3. The Bertz CT molecular complexity index is 1660. The minimum Gasteiger partial charge on any atom is -0.393 e. The molecule has 1 aromatic carbocycles. The van der Waals surface area contributed by atoms with E-state index in [1.165, 1.54) is 46.9 Å². The fraction of sp³-hybridized carbons (Fsp3) is 0.531. The fourth-order valence-electron chi connectivity index (χ4n) is 6.43. The average Bonchev–Trinajstić information content (AvgIpc) is 3.65. The van der Waals surface area contributed by atoms with Crippen molar-refractivity contribution in [2.24, 2.45) is 13.0 Å². The van der Waals surface area contributed by atoms with Crippen molar-refractivity contribution in [1.82, 2.24) is 29.1 Å². The van der Waals surface area contributed by atoms with Gasteiger partial charge in [0, 0.05) is 51.0 Å². The van der Waals surface area contributed by atoms with Crippen LogP contribution in [0.4, 0.5) is 18.9 Å². The van der Waals surface area contributed by atoms with E-state index in [1.807, 2.05) is 0 Å². The number of carbonyl (C=O) groups is 3. The van der Waals surface area contributed by atoms with Crippen LogP contribution in [0.2, 0.25) is 5.02 Å². The van der Waals surface area contributed by atoms with Crippen LogP contribution in [0.1, 0.15) is 84.1 Å². The number of piperazine rings is 1. The summed E-state index contributed by atoms with van der Waals surface area (Å²) in [6.45, 7) is 1.46. The molecule has 0 unspecified atom stereocenters. The second-order valence-corrected chi connectivity index (χ2v) is 13.0. The van der Waals surface area contributed by atoms with Gasteiger partial charge in [-0.25, -0.2) is 4.98 Å². The number of aliphatic hydroxyl groups excluding tert-OH is 1. The van der Waals surface area contributed by atoms with Crippen molar-refractivity contribution in [2.75, 3.05) is 31.5 Å². The second kappa shape index (κ2) is 13.3. The summed E-state index contributed by atoms with van der Waals surface area (Å²) in [7, 11) is 1.45. The summed E-state index contributed by atoms with van der Waals surface area (Å²) < 4.78 is 43.9. The second-order valence-electron chi connectivity index (χ2n) is 12.6. The number of halogens is 4. The van der Waals surface area contributed by atoms with Crippen LogP contribution >= 0.6 is 11.6 Å². The maximum atomic E-state index is 13.8. The molecule has 2 saturated carbocycles. The number of rotatable bonds is 6. The molecule has 3 amide bonds. The van der Waals surface area contributed by atoms with Crippen molar-refractivity contribution >= 4 is 35.0 Å². The van der Waals surface area contributed by atoms with E-state index in [0.29, 0.717) is 32.6 Å². The Hall–Kier alpha value is -3.91. The van der Waals surface area contributed by atoms with Gasteiger partial charge in [0.05, 0.1) is 40.2 Å². The molecule has 0 spiro atoms. The lowest BCUT2D eigenvalue weighted by atomic mass is 9.88. The number of hydrogen-bond donors (Lipinski definition) is 2. The Balaban J connectivity index is 1.08.